The van der Waals surface area contributed by atoms with Crippen molar-refractivity contribution in [3.63, 3.8) is 0 Å². The summed E-state index contributed by atoms with van der Waals surface area (Å²) in [5, 5.41) is 2.90. The lowest BCUT2D eigenvalue weighted by Gasteiger charge is -2.24. The van der Waals surface area contributed by atoms with Gasteiger partial charge < -0.3 is 19.9 Å². The topological polar surface area (TPSA) is 61.9 Å². The van der Waals surface area contributed by atoms with E-state index in [0.29, 0.717) is 30.9 Å². The molecule has 2 aromatic rings. The molecule has 4 rings (SSSR count). The number of rotatable bonds is 2. The molecule has 0 saturated carbocycles. The van der Waals surface area contributed by atoms with E-state index in [9.17, 15) is 9.59 Å². The van der Waals surface area contributed by atoms with Crippen molar-refractivity contribution < 1.29 is 14.3 Å². The molecular weight excluding hydrogens is 330 g/mol. The highest BCUT2D eigenvalue weighted by atomic mass is 16.5. The molecule has 0 bridgehead atoms. The molecule has 1 fully saturated rings. The van der Waals surface area contributed by atoms with Gasteiger partial charge in [-0.25, -0.2) is 4.79 Å². The molecule has 0 aliphatic carbocycles. The van der Waals surface area contributed by atoms with Gasteiger partial charge in [-0.1, -0.05) is 30.3 Å². The van der Waals surface area contributed by atoms with Gasteiger partial charge in [-0.05, 0) is 30.2 Å². The van der Waals surface area contributed by atoms with Crippen LogP contribution in [0.15, 0.2) is 48.5 Å². The highest BCUT2D eigenvalue weighted by Crippen LogP contribution is 2.46. The average Bonchev–Trinajstić information content (AvgIpc) is 3.21. The third-order valence-corrected chi connectivity index (χ3v) is 5.40. The summed E-state index contributed by atoms with van der Waals surface area (Å²) in [5.41, 5.74) is 1.93. The first kappa shape index (κ1) is 16.4. The minimum absolute atomic E-state index is 0.0614. The van der Waals surface area contributed by atoms with Crippen molar-refractivity contribution >= 4 is 23.3 Å². The van der Waals surface area contributed by atoms with E-state index >= 15 is 0 Å². The molecule has 0 aromatic heterocycles. The number of urea groups is 1. The Morgan fingerprint density at radius 1 is 1.15 bits per heavy atom. The molecule has 2 aliphatic rings. The lowest BCUT2D eigenvalue weighted by atomic mass is 9.81. The predicted molar refractivity (Wildman–Crippen MR) is 99.7 cm³/mol. The highest BCUT2D eigenvalue weighted by Gasteiger charge is 2.54. The summed E-state index contributed by atoms with van der Waals surface area (Å²) in [4.78, 5) is 29.1. The summed E-state index contributed by atoms with van der Waals surface area (Å²) >= 11 is 0. The largest absolute Gasteiger partial charge is 0.495 e. The van der Waals surface area contributed by atoms with Crippen molar-refractivity contribution in [2.75, 3.05) is 37.5 Å². The van der Waals surface area contributed by atoms with E-state index in [4.69, 9.17) is 4.74 Å². The van der Waals surface area contributed by atoms with Crippen LogP contribution in [0.1, 0.15) is 12.0 Å². The van der Waals surface area contributed by atoms with Crippen molar-refractivity contribution in [3.8, 4) is 5.75 Å². The summed E-state index contributed by atoms with van der Waals surface area (Å²) in [6.07, 6.45) is 0.631. The zero-order valence-corrected chi connectivity index (χ0v) is 14.9. The molecular formula is C20H21N3O3. The number of anilines is 2. The van der Waals surface area contributed by atoms with Crippen LogP contribution >= 0.6 is 0 Å². The number of nitrogens with one attached hydrogen (secondary N) is 1. The Morgan fingerprint density at radius 3 is 2.69 bits per heavy atom. The van der Waals surface area contributed by atoms with E-state index in [2.05, 4.69) is 5.32 Å². The van der Waals surface area contributed by atoms with Crippen LogP contribution in [0.4, 0.5) is 16.2 Å². The zero-order valence-electron chi connectivity index (χ0n) is 14.9. The Balaban J connectivity index is 1.57. The van der Waals surface area contributed by atoms with Crippen molar-refractivity contribution in [3.05, 3.63) is 54.1 Å². The second-order valence-corrected chi connectivity index (χ2v) is 6.77. The summed E-state index contributed by atoms with van der Waals surface area (Å²) in [7, 11) is 3.37. The maximum atomic E-state index is 13.0. The summed E-state index contributed by atoms with van der Waals surface area (Å²) < 4.78 is 5.29. The molecule has 1 saturated heterocycles. The lowest BCUT2D eigenvalue weighted by molar-refractivity contribution is -0.122. The van der Waals surface area contributed by atoms with Crippen molar-refractivity contribution in [1.82, 2.24) is 4.90 Å². The standard InChI is InChI=1S/C20H21N3O3/c1-22-16-9-5-3-7-14(16)20(18(22)24)11-12-23(13-20)19(25)21-15-8-4-6-10-17(15)26-2/h3-10H,11-13H2,1-2H3,(H,21,25)/t20-/m0/s1. The highest BCUT2D eigenvalue weighted by molar-refractivity contribution is 6.08. The van der Waals surface area contributed by atoms with Crippen LogP contribution in [0.2, 0.25) is 0 Å². The van der Waals surface area contributed by atoms with Gasteiger partial charge in [-0.2, -0.15) is 0 Å². The van der Waals surface area contributed by atoms with Gasteiger partial charge in [0.1, 0.15) is 5.75 Å². The minimum Gasteiger partial charge on any atom is -0.495 e. The fraction of sp³-hybridized carbons (Fsp3) is 0.300. The number of hydrogen-bond donors (Lipinski definition) is 1. The molecule has 3 amide bonds. The molecule has 0 radical (unpaired) electrons. The number of fused-ring (bicyclic) bond motifs is 2. The van der Waals surface area contributed by atoms with Crippen LogP contribution in [0.3, 0.4) is 0 Å². The Labute approximate surface area is 152 Å². The smallest absolute Gasteiger partial charge is 0.321 e. The quantitative estimate of drug-likeness (QED) is 0.905. The fourth-order valence-corrected chi connectivity index (χ4v) is 4.04. The van der Waals surface area contributed by atoms with E-state index < -0.39 is 5.41 Å². The summed E-state index contributed by atoms with van der Waals surface area (Å²) in [6, 6.07) is 14.9. The number of hydrogen-bond acceptors (Lipinski definition) is 3. The zero-order chi connectivity index (χ0) is 18.3. The number of nitrogens with zero attached hydrogens (tertiary/aromatic N) is 2. The first-order chi connectivity index (χ1) is 12.6. The Morgan fingerprint density at radius 2 is 1.88 bits per heavy atom. The van der Waals surface area contributed by atoms with Gasteiger partial charge in [-0.15, -0.1) is 0 Å². The third-order valence-electron chi connectivity index (χ3n) is 5.40. The van der Waals surface area contributed by atoms with Gasteiger partial charge in [0.25, 0.3) is 0 Å². The molecule has 1 atom stereocenters. The number of likely N-dealkylation sites (N-methyl/N-ethyl adjacent to an activating group) is 1. The number of ether oxygens (including phenoxy) is 1. The minimum atomic E-state index is -0.635. The number of benzene rings is 2. The van der Waals surface area contributed by atoms with Crippen LogP contribution in [-0.2, 0) is 10.2 Å². The molecule has 2 aliphatic heterocycles. The molecule has 2 heterocycles. The molecule has 1 spiro atoms. The predicted octanol–water partition coefficient (Wildman–Crippen LogP) is 2.85. The maximum Gasteiger partial charge on any atom is 0.321 e. The van der Waals surface area contributed by atoms with Gasteiger partial charge in [0.15, 0.2) is 0 Å². The van der Waals surface area contributed by atoms with E-state index in [0.717, 1.165) is 11.3 Å². The van der Waals surface area contributed by atoms with Crippen molar-refractivity contribution in [2.45, 2.75) is 11.8 Å². The Bertz CT molecular complexity index is 882. The average molecular weight is 351 g/mol. The Kier molecular flexibility index (Phi) is 3.83. The van der Waals surface area contributed by atoms with E-state index in [1.807, 2.05) is 36.4 Å². The molecule has 6 heteroatoms. The van der Waals surface area contributed by atoms with Gasteiger partial charge in [0.05, 0.1) is 18.2 Å². The van der Waals surface area contributed by atoms with Crippen LogP contribution in [0.25, 0.3) is 0 Å². The first-order valence-electron chi connectivity index (χ1n) is 8.63. The van der Waals surface area contributed by atoms with Crippen molar-refractivity contribution in [2.24, 2.45) is 0 Å². The molecule has 0 unspecified atom stereocenters. The number of likely N-dealkylation sites (tertiary alicyclic amines) is 1. The fourth-order valence-electron chi connectivity index (χ4n) is 4.04. The second kappa shape index (κ2) is 6.05. The van der Waals surface area contributed by atoms with Gasteiger partial charge in [0.2, 0.25) is 5.91 Å². The number of methoxy groups -OCH3 is 1. The normalized spacial score (nSPS) is 21.2. The summed E-state index contributed by atoms with van der Waals surface area (Å²) in [6.45, 7) is 0.920. The van der Waals surface area contributed by atoms with Crippen molar-refractivity contribution in [1.29, 1.82) is 0 Å². The van der Waals surface area contributed by atoms with Crippen LogP contribution in [0, 0.1) is 0 Å². The molecule has 2 aromatic carbocycles. The summed E-state index contributed by atoms with van der Waals surface area (Å²) in [5.74, 6) is 0.670. The van der Waals surface area contributed by atoms with Crippen LogP contribution < -0.4 is 15.0 Å². The number of carbonyl (C=O) groups is 2. The van der Waals surface area contributed by atoms with Crippen LogP contribution in [0.5, 0.6) is 5.75 Å². The SMILES string of the molecule is COc1ccccc1NC(=O)N1CC[C@@]2(C1)C(=O)N(C)c1ccccc12. The molecule has 6 nitrogen and oxygen atoms in total. The number of carbonyl (C=O) groups excluding carboxylic acids is 2. The number of para-hydroxylation sites is 3. The van der Waals surface area contributed by atoms with Crippen LogP contribution in [-0.4, -0.2) is 44.1 Å². The Hall–Kier alpha value is -3.02. The second-order valence-electron chi connectivity index (χ2n) is 6.77. The number of amides is 3. The van der Waals surface area contributed by atoms with E-state index in [-0.39, 0.29) is 11.9 Å². The molecule has 26 heavy (non-hydrogen) atoms. The maximum absolute atomic E-state index is 13.0. The monoisotopic (exact) mass is 351 g/mol. The third kappa shape index (κ3) is 2.33. The van der Waals surface area contributed by atoms with E-state index in [1.54, 1.807) is 36.1 Å². The molecule has 1 N–H and O–H groups in total. The van der Waals surface area contributed by atoms with E-state index in [1.165, 1.54) is 0 Å². The lowest BCUT2D eigenvalue weighted by Crippen LogP contribution is -2.42. The van der Waals surface area contributed by atoms with Gasteiger partial charge in [0, 0.05) is 25.8 Å². The first-order valence-corrected chi connectivity index (χ1v) is 8.63. The molecule has 134 valence electrons. The van der Waals surface area contributed by atoms with Gasteiger partial charge in [-0.3, -0.25) is 4.79 Å². The van der Waals surface area contributed by atoms with Gasteiger partial charge >= 0.3 is 6.03 Å².